The zero-order valence-corrected chi connectivity index (χ0v) is 28.3. The number of pyridine rings is 1. The van der Waals surface area contributed by atoms with Crippen LogP contribution < -0.4 is 19.9 Å². The summed E-state index contributed by atoms with van der Waals surface area (Å²) in [6, 6.07) is 21.6. The minimum atomic E-state index is -2.48. The minimum absolute atomic E-state index is 0. The van der Waals surface area contributed by atoms with E-state index in [1.54, 1.807) is 36.4 Å². The van der Waals surface area contributed by atoms with Crippen molar-refractivity contribution in [2.45, 2.75) is 13.5 Å². The van der Waals surface area contributed by atoms with Crippen molar-refractivity contribution >= 4 is 51.9 Å². The Kier molecular flexibility index (Phi) is 12.7. The van der Waals surface area contributed by atoms with Crippen molar-refractivity contribution in [3.05, 3.63) is 102 Å². The van der Waals surface area contributed by atoms with Gasteiger partial charge in [-0.1, -0.05) is 43.0 Å². The summed E-state index contributed by atoms with van der Waals surface area (Å²) in [6.07, 6.45) is 0.767. The Morgan fingerprint density at radius 2 is 1.80 bits per heavy atom. The molecule has 45 heavy (non-hydrogen) atoms. The van der Waals surface area contributed by atoms with Gasteiger partial charge in [0.25, 0.3) is 0 Å². The number of aryl methyl sites for hydroxylation is 1. The summed E-state index contributed by atoms with van der Waals surface area (Å²) in [5, 5.41) is 5.94. The molecule has 0 fully saturated rings. The smallest absolute Gasteiger partial charge is 0.412 e. The molecule has 0 radical (unpaired) electrons. The molecule has 12 nitrogen and oxygen atoms in total. The molecule has 1 heterocycles. The third-order valence-corrected chi connectivity index (χ3v) is 7.96. The Bertz CT molecular complexity index is 1610. The Morgan fingerprint density at radius 3 is 2.53 bits per heavy atom. The summed E-state index contributed by atoms with van der Waals surface area (Å²) >= 11 is 0. The average Bonchev–Trinajstić information content (AvgIpc) is 3.02. The van der Waals surface area contributed by atoms with E-state index < -0.39 is 23.3 Å². The number of amides is 2. The van der Waals surface area contributed by atoms with Crippen molar-refractivity contribution in [3.8, 4) is 11.5 Å². The fraction of sp³-hybridized carbons (Fsp3) is 0.167. The number of methoxy groups -OCH3 is 1. The molecule has 4 aromatic rings. The maximum atomic E-state index is 12.7. The molecule has 2 amide bonds. The number of anilines is 1. The van der Waals surface area contributed by atoms with E-state index in [0.717, 1.165) is 33.3 Å². The SMILES string of the molecule is C=C(c1ccc(OC)c(NC(=O)OCc2ccc(OP(O)OP(O)OCCN[C-]=O)cc2)c1)c1cc(C)nc2ccccc12.[Fm]. The second-order valence-corrected chi connectivity index (χ2v) is 11.1. The maximum Gasteiger partial charge on any atom is 0.412 e. The number of aromatic nitrogens is 1. The molecule has 3 aromatic carbocycles. The molecule has 0 aliphatic carbocycles. The van der Waals surface area contributed by atoms with Gasteiger partial charge in [-0.15, -0.1) is 0 Å². The van der Waals surface area contributed by atoms with Gasteiger partial charge in [-0.05, 0) is 65.6 Å². The third-order valence-electron chi connectivity index (χ3n) is 6.07. The largest absolute Gasteiger partial charge is 0.528 e. The second-order valence-electron chi connectivity index (χ2n) is 9.08. The Labute approximate surface area is 256 Å². The second kappa shape index (κ2) is 16.6. The summed E-state index contributed by atoms with van der Waals surface area (Å²) in [7, 11) is -3.37. The van der Waals surface area contributed by atoms with Crippen LogP contribution in [0.2, 0.25) is 0 Å². The summed E-state index contributed by atoms with van der Waals surface area (Å²) in [5.41, 5.74) is 5.29. The number of nitrogens with one attached hydrogen (secondary N) is 2. The number of hydrogen-bond acceptors (Lipinski definition) is 10. The van der Waals surface area contributed by atoms with Crippen LogP contribution in [0.3, 0.4) is 0 Å². The number of benzene rings is 3. The molecule has 242 valence electrons. The van der Waals surface area contributed by atoms with Crippen molar-refractivity contribution in [2.75, 3.05) is 25.6 Å². The van der Waals surface area contributed by atoms with Crippen LogP contribution in [0, 0.1) is 6.92 Å². The molecule has 1 aromatic heterocycles. The molecule has 0 saturated carbocycles. The molecule has 0 saturated heterocycles. The molecule has 4 rings (SSSR count). The van der Waals surface area contributed by atoms with Crippen LogP contribution in [0.4, 0.5) is 10.5 Å². The molecule has 4 N–H and O–H groups in total. The maximum absolute atomic E-state index is 12.7. The van der Waals surface area contributed by atoms with E-state index in [1.165, 1.54) is 13.5 Å². The van der Waals surface area contributed by atoms with Crippen molar-refractivity contribution in [2.24, 2.45) is 0 Å². The van der Waals surface area contributed by atoms with Gasteiger partial charge in [0.15, 0.2) is 0 Å². The van der Waals surface area contributed by atoms with E-state index in [1.807, 2.05) is 43.3 Å². The summed E-state index contributed by atoms with van der Waals surface area (Å²) in [4.78, 5) is 46.9. The van der Waals surface area contributed by atoms with Gasteiger partial charge in [-0.3, -0.25) is 10.3 Å². The first kappa shape index (κ1) is 34.3. The monoisotopic (exact) mass is 895 g/mol. The van der Waals surface area contributed by atoms with Crippen LogP contribution >= 0.6 is 17.2 Å². The minimum Gasteiger partial charge on any atom is -0.528 e. The summed E-state index contributed by atoms with van der Waals surface area (Å²) in [6.45, 7) is 6.30. The van der Waals surface area contributed by atoms with Crippen LogP contribution in [0.25, 0.3) is 16.5 Å². The molecule has 2 unspecified atom stereocenters. The third kappa shape index (κ3) is 9.67. The fourth-order valence-electron chi connectivity index (χ4n) is 4.06. The number of ether oxygens (including phenoxy) is 2. The van der Waals surface area contributed by atoms with Crippen molar-refractivity contribution in [1.29, 1.82) is 0 Å². The van der Waals surface area contributed by atoms with E-state index in [2.05, 4.69) is 22.2 Å². The van der Waals surface area contributed by atoms with E-state index in [0.29, 0.717) is 17.0 Å². The van der Waals surface area contributed by atoms with E-state index in [-0.39, 0.29) is 25.5 Å². The first-order chi connectivity index (χ1) is 21.3. The fourth-order valence-corrected chi connectivity index (χ4v) is 5.41. The van der Waals surface area contributed by atoms with Crippen LogP contribution in [0.15, 0.2) is 79.4 Å². The zero-order valence-electron chi connectivity index (χ0n) is 24.1. The average molecular weight is 896 g/mol. The normalized spacial score (nSPS) is 11.9. The van der Waals surface area contributed by atoms with E-state index >= 15 is 0 Å². The molecule has 0 bridgehead atoms. The molecule has 0 aliphatic rings. The van der Waals surface area contributed by atoms with Crippen molar-refractivity contribution < 1.29 is 42.2 Å². The van der Waals surface area contributed by atoms with Crippen molar-refractivity contribution in [1.82, 2.24) is 10.3 Å². The topological polar surface area (TPSA) is 158 Å². The van der Waals surface area contributed by atoms with E-state index in [4.69, 9.17) is 22.8 Å². The summed E-state index contributed by atoms with van der Waals surface area (Å²) in [5.74, 6) is 0.706. The first-order valence-corrected chi connectivity index (χ1v) is 15.4. The summed E-state index contributed by atoms with van der Waals surface area (Å²) < 4.78 is 25.9. The predicted molar refractivity (Wildman–Crippen MR) is 167 cm³/mol. The van der Waals surface area contributed by atoms with Gasteiger partial charge in [-0.25, -0.2) is 9.11 Å². The van der Waals surface area contributed by atoms with Crippen LogP contribution in [0.1, 0.15) is 22.4 Å². The van der Waals surface area contributed by atoms with Gasteiger partial charge < -0.3 is 38.4 Å². The number of carbonyl (C=O) groups excluding carboxylic acids is 2. The number of carbonyl (C=O) groups is 1. The van der Waals surface area contributed by atoms with Gasteiger partial charge in [0.1, 0.15) is 18.1 Å². The van der Waals surface area contributed by atoms with Crippen LogP contribution in [-0.4, -0.2) is 47.5 Å². The van der Waals surface area contributed by atoms with Crippen molar-refractivity contribution in [3.63, 3.8) is 0 Å². The predicted octanol–water partition coefficient (Wildman–Crippen LogP) is 5.87. The van der Waals surface area contributed by atoms with Gasteiger partial charge in [-0.2, -0.15) is 6.41 Å². The standard InChI is InChI=1S/C30H30N3O9P2.Fm/c1-20-16-26(25-6-4-5-7-27(25)32-20)21(2)23-10-13-29(38-3)28(17-23)33-30(35)39-18-22-8-11-24(12-9-22)41-44(37)42-43(36)40-15-14-31-19-34;/h4-13,16-17,36-37H,2,14-15,18H2,1,3H3,(H,31,34)(H,33,35);/q-1;. The number of hydrogen-bond donors (Lipinski definition) is 4. The molecule has 0 spiro atoms. The zero-order chi connectivity index (χ0) is 31.5. The van der Waals surface area contributed by atoms with Crippen LogP contribution in [-0.2, 0) is 25.0 Å². The molecule has 0 aliphatic heterocycles. The number of para-hydroxylation sites is 1. The molecule has 15 heteroatoms. The Morgan fingerprint density at radius 1 is 1.04 bits per heavy atom. The van der Waals surface area contributed by atoms with Gasteiger partial charge in [0.2, 0.25) is 0 Å². The van der Waals surface area contributed by atoms with Crippen LogP contribution in [0.5, 0.6) is 11.5 Å². The number of rotatable bonds is 15. The van der Waals surface area contributed by atoms with Gasteiger partial charge in [0.05, 0.1) is 24.9 Å². The Balaban J connectivity index is 0.00000552. The molecular weight excluding hydrogens is 865 g/mol. The quantitative estimate of drug-likeness (QED) is 0.0493. The Hall–Kier alpha value is -5.15. The van der Waals surface area contributed by atoms with Gasteiger partial charge >= 0.3 is 23.3 Å². The molecular formula is C30H30FmN3O9P2-. The molecule has 2 atom stereocenters. The number of fused-ring (bicyclic) bond motifs is 1. The number of nitrogens with zero attached hydrogens (tertiary/aromatic N) is 1. The first-order valence-electron chi connectivity index (χ1n) is 13.1. The van der Waals surface area contributed by atoms with Gasteiger partial charge in [0, 0.05) is 17.6 Å². The van der Waals surface area contributed by atoms with E-state index in [9.17, 15) is 19.4 Å².